The van der Waals surface area contributed by atoms with E-state index in [1.54, 1.807) is 5.48 Å². The molecule has 0 amide bonds. The number of aliphatic imine (C=N–C) groups is 1. The Bertz CT molecular complexity index is 1370. The lowest BCUT2D eigenvalue weighted by Gasteiger charge is -2.13. The van der Waals surface area contributed by atoms with E-state index in [1.165, 1.54) is 19.1 Å². The van der Waals surface area contributed by atoms with E-state index in [2.05, 4.69) is 19.7 Å². The second kappa shape index (κ2) is 10.1. The fraction of sp³-hybridized carbons (Fsp3) is 0.190. The number of hydrogen-bond donors (Lipinski definition) is 2. The predicted octanol–water partition coefficient (Wildman–Crippen LogP) is 4.91. The molecule has 3 rings (SSSR count). The zero-order chi connectivity index (χ0) is 26.7. The van der Waals surface area contributed by atoms with Crippen molar-refractivity contribution in [2.24, 2.45) is 4.99 Å². The number of benzene rings is 1. The highest BCUT2D eigenvalue weighted by molar-refractivity contribution is 7.91. The van der Waals surface area contributed by atoms with Gasteiger partial charge in [0.05, 0.1) is 16.3 Å². The molecule has 2 N–H and O–H groups in total. The first-order valence-electron chi connectivity index (χ1n) is 9.85. The largest absolute Gasteiger partial charge is 0.573 e. The summed E-state index contributed by atoms with van der Waals surface area (Å²) in [4.78, 5) is 10.6. The molecule has 15 heteroatoms. The number of halogens is 6. The van der Waals surface area contributed by atoms with Crippen LogP contribution in [0.5, 0.6) is 5.75 Å². The molecule has 2 aromatic heterocycles. The second-order valence-corrected chi connectivity index (χ2v) is 9.26. The number of hydrogen-bond acceptors (Lipinski definition) is 7. The Balaban J connectivity index is 2.09. The third kappa shape index (κ3) is 6.48. The first kappa shape index (κ1) is 26.9. The molecular formula is C21H16F6N4O4S. The minimum absolute atomic E-state index is 0.185. The molecule has 3 aromatic rings. The van der Waals surface area contributed by atoms with Gasteiger partial charge in [0.2, 0.25) is 0 Å². The molecule has 0 aliphatic rings. The number of amidine groups is 1. The van der Waals surface area contributed by atoms with Crippen LogP contribution >= 0.6 is 0 Å². The summed E-state index contributed by atoms with van der Waals surface area (Å²) in [5.41, 5.74) is 0.157. The molecule has 36 heavy (non-hydrogen) atoms. The molecule has 0 unspecified atom stereocenters. The zero-order valence-corrected chi connectivity index (χ0v) is 18.9. The Hall–Kier alpha value is -3.72. The highest BCUT2D eigenvalue weighted by Gasteiger charge is 2.33. The SMILES string of the molecule is CCS(=O)(=O)c1cc(-c2ccc(OC(F)(F)F)cc2)cnc1C(=Nc1ccnc(C(F)(F)F)c1)NO. The number of alkyl halides is 6. The summed E-state index contributed by atoms with van der Waals surface area (Å²) in [6.45, 7) is 1.33. The van der Waals surface area contributed by atoms with Crippen molar-refractivity contribution in [3.8, 4) is 16.9 Å². The first-order valence-corrected chi connectivity index (χ1v) is 11.5. The molecule has 0 saturated heterocycles. The van der Waals surface area contributed by atoms with E-state index in [0.29, 0.717) is 6.07 Å². The maximum Gasteiger partial charge on any atom is 0.573 e. The Kier molecular flexibility index (Phi) is 7.54. The monoisotopic (exact) mass is 534 g/mol. The van der Waals surface area contributed by atoms with Crippen molar-refractivity contribution in [2.75, 3.05) is 5.75 Å². The molecule has 192 valence electrons. The number of pyridine rings is 2. The molecule has 8 nitrogen and oxygen atoms in total. The third-order valence-corrected chi connectivity index (χ3v) is 6.34. The van der Waals surface area contributed by atoms with E-state index in [4.69, 9.17) is 0 Å². The van der Waals surface area contributed by atoms with Crippen LogP contribution in [-0.2, 0) is 16.0 Å². The van der Waals surface area contributed by atoms with Gasteiger partial charge in [-0.05, 0) is 35.9 Å². The number of rotatable bonds is 6. The van der Waals surface area contributed by atoms with Gasteiger partial charge < -0.3 is 4.74 Å². The average molecular weight is 534 g/mol. The van der Waals surface area contributed by atoms with Gasteiger partial charge in [-0.3, -0.25) is 20.7 Å². The van der Waals surface area contributed by atoms with E-state index < -0.39 is 56.0 Å². The van der Waals surface area contributed by atoms with Crippen LogP contribution in [0.3, 0.4) is 0 Å². The Morgan fingerprint density at radius 3 is 2.25 bits per heavy atom. The minimum Gasteiger partial charge on any atom is -0.406 e. The van der Waals surface area contributed by atoms with E-state index in [-0.39, 0.29) is 16.8 Å². The molecule has 0 aliphatic carbocycles. The van der Waals surface area contributed by atoms with Crippen molar-refractivity contribution in [2.45, 2.75) is 24.4 Å². The van der Waals surface area contributed by atoms with Gasteiger partial charge in [0, 0.05) is 18.0 Å². The molecule has 0 atom stereocenters. The van der Waals surface area contributed by atoms with Gasteiger partial charge in [0.25, 0.3) is 0 Å². The van der Waals surface area contributed by atoms with Crippen LogP contribution in [-0.4, -0.2) is 41.5 Å². The van der Waals surface area contributed by atoms with Gasteiger partial charge in [-0.1, -0.05) is 19.1 Å². The van der Waals surface area contributed by atoms with E-state index >= 15 is 0 Å². The maximum absolute atomic E-state index is 13.0. The number of hydroxylamine groups is 1. The fourth-order valence-electron chi connectivity index (χ4n) is 2.93. The van der Waals surface area contributed by atoms with E-state index in [1.807, 2.05) is 0 Å². The van der Waals surface area contributed by atoms with Crippen molar-refractivity contribution in [1.29, 1.82) is 0 Å². The van der Waals surface area contributed by atoms with Gasteiger partial charge in [0.15, 0.2) is 15.7 Å². The first-order chi connectivity index (χ1) is 16.7. The topological polar surface area (TPSA) is 114 Å². The zero-order valence-electron chi connectivity index (χ0n) is 18.1. The van der Waals surface area contributed by atoms with Crippen molar-refractivity contribution < 1.29 is 44.7 Å². The van der Waals surface area contributed by atoms with Crippen molar-refractivity contribution >= 4 is 21.4 Å². The smallest absolute Gasteiger partial charge is 0.406 e. The van der Waals surface area contributed by atoms with Crippen LogP contribution in [0.2, 0.25) is 0 Å². The second-order valence-electron chi connectivity index (χ2n) is 7.02. The number of nitrogens with one attached hydrogen (secondary N) is 1. The number of aromatic nitrogens is 2. The fourth-order valence-corrected chi connectivity index (χ4v) is 3.99. The van der Waals surface area contributed by atoms with Crippen molar-refractivity contribution in [3.63, 3.8) is 0 Å². The Morgan fingerprint density at radius 1 is 1.03 bits per heavy atom. The van der Waals surface area contributed by atoms with Crippen LogP contribution in [0.4, 0.5) is 32.0 Å². The molecule has 0 saturated carbocycles. The van der Waals surface area contributed by atoms with Crippen molar-refractivity contribution in [3.05, 3.63) is 66.2 Å². The summed E-state index contributed by atoms with van der Waals surface area (Å²) >= 11 is 0. The number of nitrogens with zero attached hydrogens (tertiary/aromatic N) is 3. The molecule has 0 fully saturated rings. The molecular weight excluding hydrogens is 518 g/mol. The summed E-state index contributed by atoms with van der Waals surface area (Å²) in [7, 11) is -4.03. The normalized spacial score (nSPS) is 12.9. The highest BCUT2D eigenvalue weighted by atomic mass is 32.2. The maximum atomic E-state index is 13.0. The van der Waals surface area contributed by atoms with Crippen LogP contribution in [0.15, 0.2) is 64.7 Å². The summed E-state index contributed by atoms with van der Waals surface area (Å²) in [6.07, 6.45) is -7.67. The Labute approximate surface area is 200 Å². The predicted molar refractivity (Wildman–Crippen MR) is 114 cm³/mol. The molecule has 0 radical (unpaired) electrons. The van der Waals surface area contributed by atoms with Crippen molar-refractivity contribution in [1.82, 2.24) is 15.4 Å². The summed E-state index contributed by atoms with van der Waals surface area (Å²) in [5, 5.41) is 9.58. The lowest BCUT2D eigenvalue weighted by Crippen LogP contribution is -2.24. The van der Waals surface area contributed by atoms with E-state index in [0.717, 1.165) is 36.7 Å². The summed E-state index contributed by atoms with van der Waals surface area (Å²) < 4.78 is 105. The van der Waals surface area contributed by atoms with Gasteiger partial charge in [0.1, 0.15) is 17.1 Å². The van der Waals surface area contributed by atoms with Gasteiger partial charge in [-0.25, -0.2) is 13.4 Å². The van der Waals surface area contributed by atoms with Crippen LogP contribution < -0.4 is 10.2 Å². The minimum atomic E-state index is -4.89. The Morgan fingerprint density at radius 2 is 1.69 bits per heavy atom. The number of sulfone groups is 1. The molecule has 2 heterocycles. The van der Waals surface area contributed by atoms with Gasteiger partial charge >= 0.3 is 12.5 Å². The summed E-state index contributed by atoms with van der Waals surface area (Å²) in [6, 6.07) is 7.37. The van der Waals surface area contributed by atoms with Crippen LogP contribution in [0, 0.1) is 0 Å². The molecule has 0 bridgehead atoms. The lowest BCUT2D eigenvalue weighted by atomic mass is 10.1. The van der Waals surface area contributed by atoms with E-state index in [9.17, 15) is 40.0 Å². The highest BCUT2D eigenvalue weighted by Crippen LogP contribution is 2.31. The molecule has 0 spiro atoms. The lowest BCUT2D eigenvalue weighted by molar-refractivity contribution is -0.274. The number of ether oxygens (including phenoxy) is 1. The van der Waals surface area contributed by atoms with Crippen LogP contribution in [0.1, 0.15) is 18.3 Å². The van der Waals surface area contributed by atoms with Gasteiger partial charge in [-0.2, -0.15) is 13.2 Å². The summed E-state index contributed by atoms with van der Waals surface area (Å²) in [5.74, 6) is -1.47. The van der Waals surface area contributed by atoms with Gasteiger partial charge in [-0.15, -0.1) is 13.2 Å². The third-order valence-electron chi connectivity index (χ3n) is 4.59. The molecule has 1 aromatic carbocycles. The van der Waals surface area contributed by atoms with Crippen LogP contribution in [0.25, 0.3) is 11.1 Å². The standard InChI is InChI=1S/C21H16F6N4O4S/c1-2-36(33,34)16-9-13(12-3-5-15(6-4-12)35-21(25,26)27)11-29-18(16)19(31-32)30-14-7-8-28-17(10-14)20(22,23)24/h3-11,32H,2H2,1H3,(H,28,30,31). The quantitative estimate of drug-likeness (QED) is 0.200. The molecule has 0 aliphatic heterocycles. The average Bonchev–Trinajstić information content (AvgIpc) is 2.81.